The Morgan fingerprint density at radius 2 is 1.50 bits per heavy atom. The summed E-state index contributed by atoms with van der Waals surface area (Å²) in [6, 6.07) is 28.4. The number of hydrogen-bond acceptors (Lipinski definition) is 5. The van der Waals surface area contributed by atoms with Crippen molar-refractivity contribution in [2.24, 2.45) is 0 Å². The molecule has 8 nitrogen and oxygen atoms in total. The maximum absolute atomic E-state index is 14.5. The van der Waals surface area contributed by atoms with Gasteiger partial charge in [-0.25, -0.2) is 8.42 Å². The van der Waals surface area contributed by atoms with Crippen molar-refractivity contribution in [2.75, 3.05) is 17.5 Å². The average Bonchev–Trinajstić information content (AvgIpc) is 3.03. The van der Waals surface area contributed by atoms with Gasteiger partial charge in [-0.1, -0.05) is 77.8 Å². The number of ether oxygens (including phenoxy) is 1. The van der Waals surface area contributed by atoms with Crippen molar-refractivity contribution in [2.45, 2.75) is 57.6 Å². The van der Waals surface area contributed by atoms with Crippen LogP contribution in [0.5, 0.6) is 5.75 Å². The maximum Gasteiger partial charge on any atom is 0.264 e. The van der Waals surface area contributed by atoms with Gasteiger partial charge in [0.05, 0.1) is 17.2 Å². The molecule has 0 spiro atoms. The summed E-state index contributed by atoms with van der Waals surface area (Å²) >= 11 is 6.55. The molecule has 0 aliphatic rings. The molecular formula is C36H40ClN3O5S. The molecule has 0 heterocycles. The predicted octanol–water partition coefficient (Wildman–Crippen LogP) is 6.41. The van der Waals surface area contributed by atoms with Crippen LogP contribution >= 0.6 is 11.6 Å². The molecule has 4 aromatic rings. The molecule has 4 rings (SSSR count). The Bertz CT molecular complexity index is 1710. The van der Waals surface area contributed by atoms with Crippen molar-refractivity contribution in [1.29, 1.82) is 0 Å². The van der Waals surface area contributed by atoms with Gasteiger partial charge < -0.3 is 15.0 Å². The molecule has 242 valence electrons. The van der Waals surface area contributed by atoms with Gasteiger partial charge in [-0.2, -0.15) is 0 Å². The Balaban J connectivity index is 1.80. The van der Waals surface area contributed by atoms with Crippen molar-refractivity contribution in [1.82, 2.24) is 10.2 Å². The van der Waals surface area contributed by atoms with Gasteiger partial charge in [0.2, 0.25) is 11.8 Å². The minimum absolute atomic E-state index is 0.000341. The summed E-state index contributed by atoms with van der Waals surface area (Å²) in [7, 11) is -4.23. The Morgan fingerprint density at radius 1 is 0.870 bits per heavy atom. The number of rotatable bonds is 14. The predicted molar refractivity (Wildman–Crippen MR) is 183 cm³/mol. The zero-order valence-electron chi connectivity index (χ0n) is 26.5. The fraction of sp³-hybridized carbons (Fsp3) is 0.278. The molecular weight excluding hydrogens is 622 g/mol. The molecule has 0 aliphatic heterocycles. The molecule has 0 aromatic heterocycles. The number of carbonyl (C=O) groups is 2. The van der Waals surface area contributed by atoms with Crippen LogP contribution in [0.4, 0.5) is 5.69 Å². The first-order valence-corrected chi connectivity index (χ1v) is 17.0. The van der Waals surface area contributed by atoms with E-state index < -0.39 is 28.5 Å². The topological polar surface area (TPSA) is 96.0 Å². The highest BCUT2D eigenvalue weighted by Gasteiger charge is 2.35. The molecule has 1 N–H and O–H groups in total. The van der Waals surface area contributed by atoms with E-state index in [9.17, 15) is 18.0 Å². The second-order valence-electron chi connectivity index (χ2n) is 11.2. The number of benzene rings is 4. The second kappa shape index (κ2) is 15.8. The summed E-state index contributed by atoms with van der Waals surface area (Å²) in [6.07, 6.45) is 0.214. The van der Waals surface area contributed by atoms with Gasteiger partial charge in [-0.3, -0.25) is 13.9 Å². The molecule has 0 unspecified atom stereocenters. The lowest BCUT2D eigenvalue weighted by Crippen LogP contribution is -2.54. The van der Waals surface area contributed by atoms with E-state index in [2.05, 4.69) is 5.32 Å². The van der Waals surface area contributed by atoms with Gasteiger partial charge in [-0.05, 0) is 81.3 Å². The number of halogens is 1. The third-order valence-electron chi connectivity index (χ3n) is 7.32. The lowest BCUT2D eigenvalue weighted by molar-refractivity contribution is -0.140. The lowest BCUT2D eigenvalue weighted by Gasteiger charge is -2.34. The number of carbonyl (C=O) groups excluding carboxylic acids is 2. The highest BCUT2D eigenvalue weighted by molar-refractivity contribution is 7.92. The van der Waals surface area contributed by atoms with Gasteiger partial charge >= 0.3 is 0 Å². The smallest absolute Gasteiger partial charge is 0.264 e. The number of aryl methyl sites for hydroxylation is 1. The van der Waals surface area contributed by atoms with Crippen LogP contribution in [-0.2, 0) is 32.6 Å². The highest BCUT2D eigenvalue weighted by atomic mass is 35.5. The third-order valence-corrected chi connectivity index (χ3v) is 9.48. The van der Waals surface area contributed by atoms with Gasteiger partial charge in [0.1, 0.15) is 18.3 Å². The zero-order valence-corrected chi connectivity index (χ0v) is 28.1. The van der Waals surface area contributed by atoms with Crippen molar-refractivity contribution in [3.05, 3.63) is 125 Å². The van der Waals surface area contributed by atoms with E-state index in [-0.39, 0.29) is 29.8 Å². The Hall–Kier alpha value is -4.34. The number of anilines is 1. The van der Waals surface area contributed by atoms with E-state index in [0.717, 1.165) is 15.4 Å². The monoisotopic (exact) mass is 661 g/mol. The van der Waals surface area contributed by atoms with Crippen molar-refractivity contribution in [3.8, 4) is 5.75 Å². The summed E-state index contributed by atoms with van der Waals surface area (Å²) in [5.41, 5.74) is 2.73. The van der Waals surface area contributed by atoms with E-state index in [1.165, 1.54) is 17.0 Å². The van der Waals surface area contributed by atoms with E-state index in [1.54, 1.807) is 60.7 Å². The molecule has 0 saturated heterocycles. The van der Waals surface area contributed by atoms with Crippen LogP contribution in [0.3, 0.4) is 0 Å². The molecule has 2 amide bonds. The van der Waals surface area contributed by atoms with E-state index in [0.29, 0.717) is 28.6 Å². The lowest BCUT2D eigenvalue weighted by atomic mass is 10.0. The summed E-state index contributed by atoms with van der Waals surface area (Å²) in [5.74, 6) is -0.379. The van der Waals surface area contributed by atoms with Crippen molar-refractivity contribution < 1.29 is 22.7 Å². The summed E-state index contributed by atoms with van der Waals surface area (Å²) in [6.45, 7) is 7.31. The van der Waals surface area contributed by atoms with Crippen LogP contribution in [0.1, 0.15) is 37.5 Å². The molecule has 0 fully saturated rings. The SMILES string of the molecule is CCOc1ccc(S(=O)(=O)N(CC(=O)N(Cc2ccccc2Cl)[C@@H](Cc2ccccc2)C(=O)NC(C)C)c2ccc(C)cc2)cc1. The van der Waals surface area contributed by atoms with Crippen LogP contribution in [0.25, 0.3) is 0 Å². The standard InChI is InChI=1S/C36H40ClN3O5S/c1-5-45-31-19-21-32(22-20-31)46(43,44)40(30-17-15-27(4)16-18-30)25-35(41)39(24-29-13-9-10-14-33(29)37)34(36(42)38-26(2)3)23-28-11-7-6-8-12-28/h6-22,26,34H,5,23-25H2,1-4H3,(H,38,42)/t34-/m0/s1. The van der Waals surface area contributed by atoms with Crippen LogP contribution in [0, 0.1) is 6.92 Å². The first kappa shape index (κ1) is 34.5. The first-order chi connectivity index (χ1) is 22.0. The highest BCUT2D eigenvalue weighted by Crippen LogP contribution is 2.27. The van der Waals surface area contributed by atoms with E-state index >= 15 is 0 Å². The number of nitrogens with one attached hydrogen (secondary N) is 1. The van der Waals surface area contributed by atoms with E-state index in [4.69, 9.17) is 16.3 Å². The Labute approximate surface area is 277 Å². The van der Waals surface area contributed by atoms with Gasteiger partial charge in [0, 0.05) is 24.0 Å². The minimum Gasteiger partial charge on any atom is -0.494 e. The molecule has 46 heavy (non-hydrogen) atoms. The molecule has 0 aliphatic carbocycles. The number of nitrogens with zero attached hydrogens (tertiary/aromatic N) is 2. The molecule has 4 aromatic carbocycles. The molecule has 0 radical (unpaired) electrons. The number of sulfonamides is 1. The molecule has 10 heteroatoms. The largest absolute Gasteiger partial charge is 0.494 e. The molecule has 0 saturated carbocycles. The Kier molecular flexibility index (Phi) is 11.8. The Morgan fingerprint density at radius 3 is 2.11 bits per heavy atom. The first-order valence-electron chi connectivity index (χ1n) is 15.2. The van der Waals surface area contributed by atoms with E-state index in [1.807, 2.05) is 58.0 Å². The van der Waals surface area contributed by atoms with Crippen LogP contribution < -0.4 is 14.4 Å². The fourth-order valence-electron chi connectivity index (χ4n) is 4.99. The van der Waals surface area contributed by atoms with Crippen LogP contribution in [-0.4, -0.2) is 50.4 Å². The zero-order chi connectivity index (χ0) is 33.3. The van der Waals surface area contributed by atoms with Gasteiger partial charge in [0.15, 0.2) is 0 Å². The quantitative estimate of drug-likeness (QED) is 0.169. The summed E-state index contributed by atoms with van der Waals surface area (Å²) in [4.78, 5) is 29.8. The number of amides is 2. The molecule has 1 atom stereocenters. The van der Waals surface area contributed by atoms with Gasteiger partial charge in [-0.15, -0.1) is 0 Å². The summed E-state index contributed by atoms with van der Waals surface area (Å²) in [5, 5.41) is 3.38. The van der Waals surface area contributed by atoms with Crippen molar-refractivity contribution >= 4 is 39.1 Å². The second-order valence-corrected chi connectivity index (χ2v) is 13.5. The summed E-state index contributed by atoms with van der Waals surface area (Å²) < 4.78 is 35.0. The third kappa shape index (κ3) is 8.89. The fourth-order valence-corrected chi connectivity index (χ4v) is 6.60. The number of hydrogen-bond donors (Lipinski definition) is 1. The molecule has 0 bridgehead atoms. The van der Waals surface area contributed by atoms with Gasteiger partial charge in [0.25, 0.3) is 10.0 Å². The van der Waals surface area contributed by atoms with Crippen LogP contribution in [0.2, 0.25) is 5.02 Å². The van der Waals surface area contributed by atoms with Crippen molar-refractivity contribution in [3.63, 3.8) is 0 Å². The average molecular weight is 662 g/mol. The maximum atomic E-state index is 14.5. The minimum atomic E-state index is -4.23. The normalized spacial score (nSPS) is 12.0. The van der Waals surface area contributed by atoms with Crippen LogP contribution in [0.15, 0.2) is 108 Å².